The lowest BCUT2D eigenvalue weighted by atomic mass is 10.0. The summed E-state index contributed by atoms with van der Waals surface area (Å²) in [6, 6.07) is 7.97. The molecular weight excluding hydrogens is 336 g/mol. The van der Waals surface area contributed by atoms with E-state index in [1.807, 2.05) is 32.0 Å². The monoisotopic (exact) mass is 356 g/mol. The van der Waals surface area contributed by atoms with Crippen LogP contribution in [0.3, 0.4) is 0 Å². The Morgan fingerprint density at radius 1 is 1.28 bits per heavy atom. The Balaban J connectivity index is 2.21. The van der Waals surface area contributed by atoms with Crippen LogP contribution in [0.5, 0.6) is 0 Å². The van der Waals surface area contributed by atoms with Gasteiger partial charge in [0.25, 0.3) is 0 Å². The van der Waals surface area contributed by atoms with Crippen molar-refractivity contribution in [1.29, 1.82) is 5.26 Å². The number of anilines is 1. The lowest BCUT2D eigenvalue weighted by Crippen LogP contribution is -2.15. The average molecular weight is 356 g/mol. The first-order valence-corrected chi connectivity index (χ1v) is 8.75. The molecular formula is C19H20N2O3S. The van der Waals surface area contributed by atoms with Crippen LogP contribution in [0.4, 0.5) is 5.00 Å². The van der Waals surface area contributed by atoms with Crippen LogP contribution in [-0.4, -0.2) is 18.5 Å². The number of esters is 1. The maximum atomic E-state index is 12.4. The highest BCUT2D eigenvalue weighted by molar-refractivity contribution is 7.18. The molecule has 1 N–H and O–H groups in total. The smallest absolute Gasteiger partial charge is 0.348 e. The molecule has 0 saturated carbocycles. The molecule has 6 heteroatoms. The molecule has 5 nitrogen and oxygen atoms in total. The third-order valence-electron chi connectivity index (χ3n) is 3.82. The van der Waals surface area contributed by atoms with Gasteiger partial charge in [0.15, 0.2) is 0 Å². The molecule has 2 aromatic rings. The van der Waals surface area contributed by atoms with Crippen molar-refractivity contribution in [2.24, 2.45) is 0 Å². The number of carbonyl (C=O) groups is 2. The van der Waals surface area contributed by atoms with Crippen LogP contribution >= 0.6 is 11.3 Å². The first kappa shape index (κ1) is 18.7. The van der Waals surface area contributed by atoms with Gasteiger partial charge in [-0.05, 0) is 44.4 Å². The maximum absolute atomic E-state index is 12.4. The Bertz CT molecular complexity index is 862. The lowest BCUT2D eigenvalue weighted by molar-refractivity contribution is -0.115. The maximum Gasteiger partial charge on any atom is 0.348 e. The highest BCUT2D eigenvalue weighted by atomic mass is 32.1. The number of nitriles is 1. The van der Waals surface area contributed by atoms with Gasteiger partial charge < -0.3 is 10.1 Å². The normalized spacial score (nSPS) is 10.2. The van der Waals surface area contributed by atoms with E-state index in [9.17, 15) is 14.9 Å². The number of nitrogens with one attached hydrogen (secondary N) is 1. The molecule has 1 heterocycles. The summed E-state index contributed by atoms with van der Waals surface area (Å²) in [6.07, 6.45) is 0.211. The van der Waals surface area contributed by atoms with Crippen LogP contribution in [0.1, 0.15) is 44.4 Å². The quantitative estimate of drug-likeness (QED) is 0.824. The number of benzene rings is 1. The molecule has 0 aliphatic carbocycles. The van der Waals surface area contributed by atoms with Gasteiger partial charge in [-0.3, -0.25) is 4.79 Å². The molecule has 1 amide bonds. The van der Waals surface area contributed by atoms with E-state index in [4.69, 9.17) is 4.74 Å². The number of rotatable bonds is 5. The second kappa shape index (κ2) is 7.95. The summed E-state index contributed by atoms with van der Waals surface area (Å²) < 4.78 is 5.00. The SMILES string of the molecule is CCOC(=O)c1sc(NC(=O)Cc2ccc(C)cc2C)c(C#N)c1C. The zero-order valence-corrected chi connectivity index (χ0v) is 15.5. The molecule has 0 saturated heterocycles. The van der Waals surface area contributed by atoms with Gasteiger partial charge >= 0.3 is 5.97 Å². The fourth-order valence-electron chi connectivity index (χ4n) is 2.52. The second-order valence-corrected chi connectivity index (χ2v) is 6.77. The Morgan fingerprint density at radius 2 is 2.00 bits per heavy atom. The Kier molecular flexibility index (Phi) is 5.94. The molecule has 0 atom stereocenters. The predicted molar refractivity (Wildman–Crippen MR) is 98.0 cm³/mol. The molecule has 0 fully saturated rings. The van der Waals surface area contributed by atoms with E-state index in [-0.39, 0.29) is 18.9 Å². The van der Waals surface area contributed by atoms with Crippen molar-refractivity contribution in [2.75, 3.05) is 11.9 Å². The van der Waals surface area contributed by atoms with Gasteiger partial charge in [-0.2, -0.15) is 5.26 Å². The van der Waals surface area contributed by atoms with Crippen LogP contribution in [0, 0.1) is 32.1 Å². The van der Waals surface area contributed by atoms with Crippen LogP contribution in [0.25, 0.3) is 0 Å². The van der Waals surface area contributed by atoms with Crippen molar-refractivity contribution in [3.63, 3.8) is 0 Å². The Hall–Kier alpha value is -2.65. The van der Waals surface area contributed by atoms with Crippen LogP contribution in [-0.2, 0) is 16.0 Å². The van der Waals surface area contributed by atoms with E-state index < -0.39 is 5.97 Å². The molecule has 2 rings (SSSR count). The third-order valence-corrected chi connectivity index (χ3v) is 5.01. The summed E-state index contributed by atoms with van der Waals surface area (Å²) in [5, 5.41) is 12.5. The van der Waals surface area contributed by atoms with Gasteiger partial charge in [-0.15, -0.1) is 11.3 Å². The summed E-state index contributed by atoms with van der Waals surface area (Å²) in [4.78, 5) is 24.7. The summed E-state index contributed by atoms with van der Waals surface area (Å²) in [6.45, 7) is 7.62. The minimum Gasteiger partial charge on any atom is -0.462 e. The third kappa shape index (κ3) is 4.25. The highest BCUT2D eigenvalue weighted by Crippen LogP contribution is 2.33. The molecule has 1 aromatic carbocycles. The molecule has 0 aliphatic rings. The Morgan fingerprint density at radius 3 is 2.60 bits per heavy atom. The number of ether oxygens (including phenoxy) is 1. The lowest BCUT2D eigenvalue weighted by Gasteiger charge is -2.07. The van der Waals surface area contributed by atoms with Crippen molar-refractivity contribution in [2.45, 2.75) is 34.1 Å². The summed E-state index contributed by atoms with van der Waals surface area (Å²) in [7, 11) is 0. The zero-order chi connectivity index (χ0) is 18.6. The van der Waals surface area contributed by atoms with E-state index in [0.29, 0.717) is 21.0 Å². The number of thiophene rings is 1. The van der Waals surface area contributed by atoms with Crippen LogP contribution in [0.15, 0.2) is 18.2 Å². The van der Waals surface area contributed by atoms with E-state index in [2.05, 4.69) is 11.4 Å². The predicted octanol–water partition coefficient (Wildman–Crippen LogP) is 3.90. The minimum absolute atomic E-state index is 0.211. The standard InChI is InChI=1S/C19H20N2O3S/c1-5-24-19(23)17-13(4)15(10-20)18(25-17)21-16(22)9-14-7-6-11(2)8-12(14)3/h6-8H,5,9H2,1-4H3,(H,21,22). The minimum atomic E-state index is -0.476. The number of carbonyl (C=O) groups excluding carboxylic acids is 2. The van der Waals surface area contributed by atoms with Gasteiger partial charge in [0, 0.05) is 0 Å². The average Bonchev–Trinajstić information content (AvgIpc) is 2.86. The highest BCUT2D eigenvalue weighted by Gasteiger charge is 2.22. The first-order chi connectivity index (χ1) is 11.9. The van der Waals surface area contributed by atoms with Crippen LogP contribution < -0.4 is 5.32 Å². The molecule has 0 aliphatic heterocycles. The van der Waals surface area contributed by atoms with E-state index in [1.165, 1.54) is 0 Å². The summed E-state index contributed by atoms with van der Waals surface area (Å²) in [5.41, 5.74) is 3.96. The topological polar surface area (TPSA) is 79.2 Å². The molecule has 0 radical (unpaired) electrons. The molecule has 1 aromatic heterocycles. The summed E-state index contributed by atoms with van der Waals surface area (Å²) >= 11 is 1.08. The molecule has 0 bridgehead atoms. The van der Waals surface area contributed by atoms with Crippen molar-refractivity contribution in [3.8, 4) is 6.07 Å². The number of hydrogen-bond acceptors (Lipinski definition) is 5. The zero-order valence-electron chi connectivity index (χ0n) is 14.7. The number of amides is 1. The first-order valence-electron chi connectivity index (χ1n) is 7.94. The number of aryl methyl sites for hydroxylation is 2. The second-order valence-electron chi connectivity index (χ2n) is 5.75. The molecule has 25 heavy (non-hydrogen) atoms. The van der Waals surface area contributed by atoms with Gasteiger partial charge in [0.1, 0.15) is 15.9 Å². The Labute approximate surface area is 151 Å². The van der Waals surface area contributed by atoms with Gasteiger partial charge in [0.05, 0.1) is 18.6 Å². The van der Waals surface area contributed by atoms with E-state index in [0.717, 1.165) is 28.0 Å². The molecule has 0 unspecified atom stereocenters. The van der Waals surface area contributed by atoms with Gasteiger partial charge in [-0.25, -0.2) is 4.79 Å². The number of nitrogens with zero attached hydrogens (tertiary/aromatic N) is 1. The van der Waals surface area contributed by atoms with E-state index in [1.54, 1.807) is 13.8 Å². The fourth-order valence-corrected chi connectivity index (χ4v) is 3.58. The van der Waals surface area contributed by atoms with Crippen molar-refractivity contribution >= 4 is 28.2 Å². The largest absolute Gasteiger partial charge is 0.462 e. The van der Waals surface area contributed by atoms with Crippen LogP contribution in [0.2, 0.25) is 0 Å². The van der Waals surface area contributed by atoms with Gasteiger partial charge in [0.2, 0.25) is 5.91 Å². The fraction of sp³-hybridized carbons (Fsp3) is 0.316. The number of hydrogen-bond donors (Lipinski definition) is 1. The van der Waals surface area contributed by atoms with Gasteiger partial charge in [-0.1, -0.05) is 23.8 Å². The van der Waals surface area contributed by atoms with E-state index >= 15 is 0 Å². The van der Waals surface area contributed by atoms with Crippen molar-refractivity contribution in [3.05, 3.63) is 50.9 Å². The van der Waals surface area contributed by atoms with Crippen molar-refractivity contribution < 1.29 is 14.3 Å². The molecule has 130 valence electrons. The van der Waals surface area contributed by atoms with Crippen molar-refractivity contribution in [1.82, 2.24) is 0 Å². The molecule has 0 spiro atoms. The summed E-state index contributed by atoms with van der Waals surface area (Å²) in [5.74, 6) is -0.698.